The minimum atomic E-state index is -0.119. The molecule has 1 aliphatic carbocycles. The molecule has 0 bridgehead atoms. The molecule has 1 saturated carbocycles. The molecule has 88 valence electrons. The molecule has 1 fully saturated rings. The normalized spacial score (nSPS) is 23.8. The van der Waals surface area contributed by atoms with Crippen molar-refractivity contribution in [3.63, 3.8) is 0 Å². The molecule has 4 nitrogen and oxygen atoms in total. The van der Waals surface area contributed by atoms with Crippen molar-refractivity contribution >= 4 is 17.4 Å². The molecular weight excluding hydrogens is 214 g/mol. The third-order valence-electron chi connectivity index (χ3n) is 3.41. The van der Waals surface area contributed by atoms with Crippen LogP contribution in [0, 0.1) is 0 Å². The van der Waals surface area contributed by atoms with Crippen LogP contribution in [0.1, 0.15) is 25.7 Å². The predicted molar refractivity (Wildman–Crippen MR) is 67.1 cm³/mol. The molecule has 1 heterocycles. The highest BCUT2D eigenvalue weighted by atomic mass is 16.2. The first-order valence-electron chi connectivity index (χ1n) is 6.07. The maximum Gasteiger partial charge on any atom is 0.342 e. The van der Waals surface area contributed by atoms with E-state index in [1.54, 1.807) is 0 Å². The molecule has 0 saturated heterocycles. The number of urea groups is 1. The smallest absolute Gasteiger partial charge is 0.284 e. The van der Waals surface area contributed by atoms with Gasteiger partial charge in [0.05, 0.1) is 11.8 Å². The summed E-state index contributed by atoms with van der Waals surface area (Å²) in [7, 11) is 0. The zero-order valence-electron chi connectivity index (χ0n) is 9.60. The van der Waals surface area contributed by atoms with Gasteiger partial charge >= 0.3 is 6.03 Å². The van der Waals surface area contributed by atoms with E-state index < -0.39 is 0 Å². The molecule has 17 heavy (non-hydrogen) atoms. The van der Waals surface area contributed by atoms with Crippen molar-refractivity contribution in [3.05, 3.63) is 30.3 Å². The first kappa shape index (κ1) is 10.3. The molecule has 0 aromatic heterocycles. The Morgan fingerprint density at radius 3 is 2.88 bits per heavy atom. The van der Waals surface area contributed by atoms with Crippen LogP contribution in [0.2, 0.25) is 0 Å². The lowest BCUT2D eigenvalue weighted by molar-refractivity contribution is 0.243. The number of nitrogens with zero attached hydrogens (tertiary/aromatic N) is 2. The Kier molecular flexibility index (Phi) is 2.55. The van der Waals surface area contributed by atoms with E-state index in [2.05, 4.69) is 10.5 Å². The minimum Gasteiger partial charge on any atom is -0.284 e. The second kappa shape index (κ2) is 4.20. The Hall–Kier alpha value is -1.84. The molecule has 3 rings (SSSR count). The van der Waals surface area contributed by atoms with Crippen LogP contribution in [0.3, 0.4) is 0 Å². The average molecular weight is 229 g/mol. The lowest BCUT2D eigenvalue weighted by Crippen LogP contribution is -2.54. The summed E-state index contributed by atoms with van der Waals surface area (Å²) in [6.07, 6.45) is 4.35. The van der Waals surface area contributed by atoms with Gasteiger partial charge in [0.1, 0.15) is 0 Å². The van der Waals surface area contributed by atoms with Gasteiger partial charge in [-0.2, -0.15) is 5.10 Å². The van der Waals surface area contributed by atoms with Crippen LogP contribution in [0.4, 0.5) is 10.5 Å². The van der Waals surface area contributed by atoms with E-state index in [0.717, 1.165) is 24.2 Å². The van der Waals surface area contributed by atoms with Crippen molar-refractivity contribution in [2.45, 2.75) is 31.7 Å². The van der Waals surface area contributed by atoms with E-state index in [0.29, 0.717) is 0 Å². The van der Waals surface area contributed by atoms with Gasteiger partial charge in [0.15, 0.2) is 0 Å². The van der Waals surface area contributed by atoms with Gasteiger partial charge in [-0.15, -0.1) is 0 Å². The van der Waals surface area contributed by atoms with E-state index in [-0.39, 0.29) is 12.1 Å². The van der Waals surface area contributed by atoms with Crippen molar-refractivity contribution in [1.29, 1.82) is 0 Å². The van der Waals surface area contributed by atoms with E-state index in [1.165, 1.54) is 12.8 Å². The Morgan fingerprint density at radius 1 is 1.24 bits per heavy atom. The second-order valence-electron chi connectivity index (χ2n) is 4.49. The molecule has 1 aromatic carbocycles. The molecule has 1 N–H and O–H groups in total. The maximum absolute atomic E-state index is 12.0. The van der Waals surface area contributed by atoms with Gasteiger partial charge in [-0.05, 0) is 31.4 Å². The van der Waals surface area contributed by atoms with Crippen molar-refractivity contribution in [3.8, 4) is 0 Å². The summed E-state index contributed by atoms with van der Waals surface area (Å²) in [6, 6.07) is 9.84. The molecule has 0 radical (unpaired) electrons. The molecule has 1 unspecified atom stereocenters. The zero-order chi connectivity index (χ0) is 11.7. The first-order valence-corrected chi connectivity index (χ1v) is 6.07. The molecule has 2 amide bonds. The van der Waals surface area contributed by atoms with Crippen molar-refractivity contribution in [2.24, 2.45) is 5.10 Å². The van der Waals surface area contributed by atoms with Crippen LogP contribution in [-0.2, 0) is 0 Å². The largest absolute Gasteiger partial charge is 0.342 e. The van der Waals surface area contributed by atoms with Crippen molar-refractivity contribution in [1.82, 2.24) is 5.43 Å². The lowest BCUT2D eigenvalue weighted by atomic mass is 9.91. The highest BCUT2D eigenvalue weighted by Crippen LogP contribution is 2.27. The fourth-order valence-corrected chi connectivity index (χ4v) is 2.59. The lowest BCUT2D eigenvalue weighted by Gasteiger charge is -2.37. The van der Waals surface area contributed by atoms with Gasteiger partial charge < -0.3 is 0 Å². The van der Waals surface area contributed by atoms with Crippen LogP contribution >= 0.6 is 0 Å². The van der Waals surface area contributed by atoms with Gasteiger partial charge in [-0.1, -0.05) is 24.6 Å². The molecule has 2 aliphatic rings. The summed E-state index contributed by atoms with van der Waals surface area (Å²) in [5, 5.41) is 4.18. The SMILES string of the molecule is O=C1NN=C2CCCCC2N1c1ccccc1. The van der Waals surface area contributed by atoms with Crippen LogP contribution in [0.15, 0.2) is 35.4 Å². The highest BCUT2D eigenvalue weighted by Gasteiger charge is 2.34. The Balaban J connectivity index is 1.97. The number of hydrogen-bond donors (Lipinski definition) is 1. The first-order chi connectivity index (χ1) is 8.36. The molecule has 0 spiro atoms. The number of carbonyl (C=O) groups excluding carboxylic acids is 1. The molecule has 4 heteroatoms. The van der Waals surface area contributed by atoms with Crippen LogP contribution in [0.25, 0.3) is 0 Å². The number of nitrogens with one attached hydrogen (secondary N) is 1. The summed E-state index contributed by atoms with van der Waals surface area (Å²) >= 11 is 0. The molecular formula is C13H15N3O. The van der Waals surface area contributed by atoms with E-state index in [1.807, 2.05) is 35.2 Å². The number of rotatable bonds is 1. The Bertz CT molecular complexity index is 455. The van der Waals surface area contributed by atoms with Gasteiger partial charge in [0.25, 0.3) is 0 Å². The maximum atomic E-state index is 12.0. The van der Waals surface area contributed by atoms with Crippen LogP contribution in [0.5, 0.6) is 0 Å². The van der Waals surface area contributed by atoms with Crippen molar-refractivity contribution in [2.75, 3.05) is 4.90 Å². The number of para-hydroxylation sites is 1. The summed E-state index contributed by atoms with van der Waals surface area (Å²) in [5.41, 5.74) is 4.66. The van der Waals surface area contributed by atoms with Gasteiger partial charge in [-0.3, -0.25) is 4.90 Å². The summed E-state index contributed by atoms with van der Waals surface area (Å²) in [5.74, 6) is 0. The van der Waals surface area contributed by atoms with Gasteiger partial charge in [0, 0.05) is 5.69 Å². The predicted octanol–water partition coefficient (Wildman–Crippen LogP) is 2.51. The average Bonchev–Trinajstić information content (AvgIpc) is 2.39. The van der Waals surface area contributed by atoms with Gasteiger partial charge in [-0.25, -0.2) is 10.2 Å². The zero-order valence-corrected chi connectivity index (χ0v) is 9.60. The summed E-state index contributed by atoms with van der Waals surface area (Å²) in [6.45, 7) is 0. The fraction of sp³-hybridized carbons (Fsp3) is 0.385. The highest BCUT2D eigenvalue weighted by molar-refractivity contribution is 6.05. The van der Waals surface area contributed by atoms with Crippen molar-refractivity contribution < 1.29 is 4.79 Å². The number of fused-ring (bicyclic) bond motifs is 1. The number of anilines is 1. The molecule has 1 aliphatic heterocycles. The van der Waals surface area contributed by atoms with Crippen LogP contribution in [-0.4, -0.2) is 17.8 Å². The van der Waals surface area contributed by atoms with E-state index >= 15 is 0 Å². The quantitative estimate of drug-likeness (QED) is 0.790. The fourth-order valence-electron chi connectivity index (χ4n) is 2.59. The monoisotopic (exact) mass is 229 g/mol. The standard InChI is InChI=1S/C13H15N3O/c17-13-15-14-11-8-4-5-9-12(11)16(13)10-6-2-1-3-7-10/h1-3,6-7,12H,4-5,8-9H2,(H,15,17). The number of benzene rings is 1. The van der Waals surface area contributed by atoms with Crippen LogP contribution < -0.4 is 10.3 Å². The minimum absolute atomic E-state index is 0.119. The summed E-state index contributed by atoms with van der Waals surface area (Å²) in [4.78, 5) is 13.8. The second-order valence-corrected chi connectivity index (χ2v) is 4.49. The Labute approximate surface area is 100 Å². The van der Waals surface area contributed by atoms with Gasteiger partial charge in [0.2, 0.25) is 0 Å². The molecule has 1 atom stereocenters. The number of carbonyl (C=O) groups is 1. The van der Waals surface area contributed by atoms with E-state index in [4.69, 9.17) is 0 Å². The topological polar surface area (TPSA) is 44.7 Å². The molecule has 1 aromatic rings. The number of amides is 2. The van der Waals surface area contributed by atoms with E-state index in [9.17, 15) is 4.79 Å². The number of hydrazone groups is 1. The third kappa shape index (κ3) is 1.79. The summed E-state index contributed by atoms with van der Waals surface area (Å²) < 4.78 is 0. The Morgan fingerprint density at radius 2 is 2.06 bits per heavy atom. The third-order valence-corrected chi connectivity index (χ3v) is 3.41. The number of hydrogen-bond acceptors (Lipinski definition) is 2.